The first-order valence-corrected chi connectivity index (χ1v) is 3.71. The number of carbonyl (C=O) groups excluding carboxylic acids is 1. The maximum Gasteiger partial charge on any atom is 0.168 e. The van der Waals surface area contributed by atoms with Crippen molar-refractivity contribution in [3.63, 3.8) is 0 Å². The molecule has 2 rings (SSSR count). The quantitative estimate of drug-likeness (QED) is 0.645. The van der Waals surface area contributed by atoms with Crippen LogP contribution in [0.2, 0.25) is 0 Å². The number of hydrogen-bond acceptors (Lipinski definition) is 2. The van der Waals surface area contributed by atoms with Crippen LogP contribution in [0.15, 0.2) is 18.3 Å². The van der Waals surface area contributed by atoms with E-state index in [1.54, 1.807) is 6.07 Å². The molecule has 0 unspecified atom stereocenters. The number of hydrogen-bond donors (Lipinski definition) is 1. The molecule has 0 saturated heterocycles. The molecule has 3 nitrogen and oxygen atoms in total. The molecule has 2 heterocycles. The van der Waals surface area contributed by atoms with Gasteiger partial charge in [-0.3, -0.25) is 4.79 Å². The van der Waals surface area contributed by atoms with Crippen molar-refractivity contribution in [2.45, 2.75) is 6.92 Å². The smallest absolute Gasteiger partial charge is 0.168 e. The summed E-state index contributed by atoms with van der Waals surface area (Å²) in [5.41, 5.74) is 2.39. The van der Waals surface area contributed by atoms with E-state index in [-0.39, 0.29) is 0 Å². The molecule has 0 bridgehead atoms. The Balaban J connectivity index is 2.77. The molecule has 3 heteroatoms. The fraction of sp³-hybridized carbons (Fsp3) is 0.111. The van der Waals surface area contributed by atoms with Gasteiger partial charge in [0.25, 0.3) is 0 Å². The predicted octanol–water partition coefficient (Wildman–Crippen LogP) is 1.68. The van der Waals surface area contributed by atoms with Crippen LogP contribution in [-0.2, 0) is 0 Å². The first kappa shape index (κ1) is 7.03. The topological polar surface area (TPSA) is 45.8 Å². The molecule has 0 fully saturated rings. The van der Waals surface area contributed by atoms with Gasteiger partial charge in [0, 0.05) is 11.6 Å². The molecule has 0 aliphatic heterocycles. The average molecular weight is 160 g/mol. The number of aryl methyl sites for hydroxylation is 1. The van der Waals surface area contributed by atoms with Gasteiger partial charge in [-0.05, 0) is 24.6 Å². The Morgan fingerprint density at radius 3 is 3.08 bits per heavy atom. The first-order valence-electron chi connectivity index (χ1n) is 3.71. The summed E-state index contributed by atoms with van der Waals surface area (Å²) in [6.45, 7) is 2.00. The fourth-order valence-electron chi connectivity index (χ4n) is 1.22. The van der Waals surface area contributed by atoms with Gasteiger partial charge < -0.3 is 4.98 Å². The lowest BCUT2D eigenvalue weighted by atomic mass is 10.2. The maximum atomic E-state index is 10.4. The second-order valence-electron chi connectivity index (χ2n) is 2.72. The van der Waals surface area contributed by atoms with Gasteiger partial charge >= 0.3 is 0 Å². The standard InChI is InChI=1S/C9H8N2O/c1-6-4-10-9-8(6)3-2-7(5-12)11-9/h2-5H,1H3,(H,10,11). The summed E-state index contributed by atoms with van der Waals surface area (Å²) in [6, 6.07) is 3.62. The maximum absolute atomic E-state index is 10.4. The van der Waals surface area contributed by atoms with Gasteiger partial charge in [-0.25, -0.2) is 4.98 Å². The highest BCUT2D eigenvalue weighted by atomic mass is 16.1. The molecule has 60 valence electrons. The van der Waals surface area contributed by atoms with E-state index < -0.39 is 0 Å². The molecule has 1 N–H and O–H groups in total. The van der Waals surface area contributed by atoms with Crippen molar-refractivity contribution in [2.24, 2.45) is 0 Å². The molecule has 12 heavy (non-hydrogen) atoms. The SMILES string of the molecule is Cc1c[nH]c2nc(C=O)ccc12. The number of H-pyrrole nitrogens is 1. The molecule has 2 aromatic rings. The van der Waals surface area contributed by atoms with E-state index in [1.807, 2.05) is 19.2 Å². The van der Waals surface area contributed by atoms with Crippen LogP contribution < -0.4 is 0 Å². The Morgan fingerprint density at radius 1 is 1.50 bits per heavy atom. The van der Waals surface area contributed by atoms with Gasteiger partial charge in [-0.1, -0.05) is 0 Å². The Bertz CT molecular complexity index is 431. The summed E-state index contributed by atoms with van der Waals surface area (Å²) in [6.07, 6.45) is 2.63. The zero-order valence-corrected chi connectivity index (χ0v) is 6.66. The van der Waals surface area contributed by atoms with Crippen LogP contribution in [0.25, 0.3) is 11.0 Å². The zero-order valence-electron chi connectivity index (χ0n) is 6.66. The summed E-state index contributed by atoms with van der Waals surface area (Å²) in [7, 11) is 0. The van der Waals surface area contributed by atoms with Crippen LogP contribution in [0.1, 0.15) is 16.1 Å². The summed E-state index contributed by atoms with van der Waals surface area (Å²) in [4.78, 5) is 17.5. The number of pyridine rings is 1. The zero-order chi connectivity index (χ0) is 8.55. The molecule has 0 aliphatic rings. The van der Waals surface area contributed by atoms with Crippen molar-refractivity contribution < 1.29 is 4.79 Å². The van der Waals surface area contributed by atoms with Crippen molar-refractivity contribution in [1.82, 2.24) is 9.97 Å². The molecule has 0 saturated carbocycles. The Morgan fingerprint density at radius 2 is 2.33 bits per heavy atom. The van der Waals surface area contributed by atoms with E-state index in [0.29, 0.717) is 5.69 Å². The van der Waals surface area contributed by atoms with Crippen LogP contribution in [0.4, 0.5) is 0 Å². The normalized spacial score (nSPS) is 10.4. The predicted molar refractivity (Wildman–Crippen MR) is 46.2 cm³/mol. The van der Waals surface area contributed by atoms with E-state index >= 15 is 0 Å². The number of nitrogens with zero attached hydrogens (tertiary/aromatic N) is 1. The fourth-order valence-corrected chi connectivity index (χ4v) is 1.22. The number of aromatic amines is 1. The summed E-state index contributed by atoms with van der Waals surface area (Å²) < 4.78 is 0. The van der Waals surface area contributed by atoms with Crippen LogP contribution >= 0.6 is 0 Å². The highest BCUT2D eigenvalue weighted by Gasteiger charge is 2.00. The third kappa shape index (κ3) is 0.906. The van der Waals surface area contributed by atoms with Gasteiger partial charge in [0.05, 0.1) is 0 Å². The van der Waals surface area contributed by atoms with E-state index in [9.17, 15) is 4.79 Å². The average Bonchev–Trinajstić information content (AvgIpc) is 2.47. The number of fused-ring (bicyclic) bond motifs is 1. The molecular weight excluding hydrogens is 152 g/mol. The van der Waals surface area contributed by atoms with Crippen LogP contribution in [0.5, 0.6) is 0 Å². The Hall–Kier alpha value is -1.64. The molecule has 0 aliphatic carbocycles. The second kappa shape index (κ2) is 2.44. The molecule has 0 radical (unpaired) electrons. The Kier molecular flexibility index (Phi) is 1.43. The minimum Gasteiger partial charge on any atom is -0.346 e. The van der Waals surface area contributed by atoms with Crippen molar-refractivity contribution >= 4 is 17.3 Å². The van der Waals surface area contributed by atoms with Gasteiger partial charge in [0.1, 0.15) is 11.3 Å². The van der Waals surface area contributed by atoms with E-state index in [1.165, 1.54) is 0 Å². The van der Waals surface area contributed by atoms with Crippen LogP contribution in [-0.4, -0.2) is 16.3 Å². The third-order valence-electron chi connectivity index (χ3n) is 1.89. The van der Waals surface area contributed by atoms with Gasteiger partial charge in [0.2, 0.25) is 0 Å². The minimum atomic E-state index is 0.462. The molecule has 0 amide bonds. The Labute approximate surface area is 69.4 Å². The number of aldehydes is 1. The van der Waals surface area contributed by atoms with Crippen molar-refractivity contribution in [3.05, 3.63) is 29.6 Å². The van der Waals surface area contributed by atoms with E-state index in [4.69, 9.17) is 0 Å². The highest BCUT2D eigenvalue weighted by molar-refractivity contribution is 5.83. The summed E-state index contributed by atoms with van der Waals surface area (Å²) in [5.74, 6) is 0. The largest absolute Gasteiger partial charge is 0.346 e. The first-order chi connectivity index (χ1) is 5.81. The number of nitrogens with one attached hydrogen (secondary N) is 1. The van der Waals surface area contributed by atoms with Crippen molar-refractivity contribution in [2.75, 3.05) is 0 Å². The second-order valence-corrected chi connectivity index (χ2v) is 2.72. The van der Waals surface area contributed by atoms with Crippen LogP contribution in [0.3, 0.4) is 0 Å². The molecule has 2 aromatic heterocycles. The van der Waals surface area contributed by atoms with Gasteiger partial charge in [-0.2, -0.15) is 0 Å². The molecule has 0 spiro atoms. The van der Waals surface area contributed by atoms with E-state index in [2.05, 4.69) is 9.97 Å². The third-order valence-corrected chi connectivity index (χ3v) is 1.89. The lowest BCUT2D eigenvalue weighted by Crippen LogP contribution is -1.85. The lowest BCUT2D eigenvalue weighted by molar-refractivity contribution is 0.111. The molecule has 0 atom stereocenters. The highest BCUT2D eigenvalue weighted by Crippen LogP contribution is 2.14. The summed E-state index contributed by atoms with van der Waals surface area (Å²) >= 11 is 0. The van der Waals surface area contributed by atoms with Gasteiger partial charge in [0.15, 0.2) is 6.29 Å². The number of carbonyl (C=O) groups is 1. The lowest BCUT2D eigenvalue weighted by Gasteiger charge is -1.91. The summed E-state index contributed by atoms with van der Waals surface area (Å²) in [5, 5.41) is 1.07. The monoisotopic (exact) mass is 160 g/mol. The number of rotatable bonds is 1. The minimum absolute atomic E-state index is 0.462. The van der Waals surface area contributed by atoms with Gasteiger partial charge in [-0.15, -0.1) is 0 Å². The van der Waals surface area contributed by atoms with Crippen molar-refractivity contribution in [3.8, 4) is 0 Å². The van der Waals surface area contributed by atoms with E-state index in [0.717, 1.165) is 22.9 Å². The number of aromatic nitrogens is 2. The molecular formula is C9H8N2O. The van der Waals surface area contributed by atoms with Crippen molar-refractivity contribution in [1.29, 1.82) is 0 Å². The van der Waals surface area contributed by atoms with Crippen LogP contribution in [0, 0.1) is 6.92 Å². The molecule has 0 aromatic carbocycles.